The van der Waals surface area contributed by atoms with Crippen LogP contribution in [-0.4, -0.2) is 30.2 Å². The number of fused-ring (bicyclic) bond motifs is 3. The van der Waals surface area contributed by atoms with Crippen molar-refractivity contribution >= 4 is 23.2 Å². The number of para-hydroxylation sites is 2. The molecular weight excluding hydrogens is 370 g/mol. The number of carbonyl (C=O) groups is 3. The fraction of sp³-hybridized carbons (Fsp3) is 0.0870. The molecule has 0 radical (unpaired) electrons. The molecule has 1 heterocycles. The molecule has 0 saturated carbocycles. The molecular formula is C23H15NO5. The molecule has 142 valence electrons. The van der Waals surface area contributed by atoms with Crippen molar-refractivity contribution in [1.29, 1.82) is 0 Å². The normalized spacial score (nSPS) is 16.6. The highest BCUT2D eigenvalue weighted by molar-refractivity contribution is 6.28. The van der Waals surface area contributed by atoms with Crippen LogP contribution in [0.25, 0.3) is 0 Å². The lowest BCUT2D eigenvalue weighted by atomic mass is 9.84. The Kier molecular flexibility index (Phi) is 3.91. The van der Waals surface area contributed by atoms with Crippen LogP contribution in [-0.2, 0) is 4.79 Å². The van der Waals surface area contributed by atoms with Crippen LogP contribution in [0.4, 0.5) is 5.69 Å². The third-order valence-corrected chi connectivity index (χ3v) is 4.99. The molecule has 0 spiro atoms. The minimum Gasteiger partial charge on any atom is -0.485 e. The Hall–Kier alpha value is -3.93. The van der Waals surface area contributed by atoms with E-state index in [1.807, 2.05) is 6.07 Å². The standard InChI is InChI=1S/C23H15NO5/c25-21-14-5-1-2-6-15(14)22(26)17-11-13(9-10-16(17)21)24-23(27)20-12-28-18-7-3-4-8-19(18)29-20/h1-11,20H,12H2,(H,24,27)/t20-/m0/s1. The van der Waals surface area contributed by atoms with Crippen LogP contribution >= 0.6 is 0 Å². The minimum atomic E-state index is -0.820. The van der Waals surface area contributed by atoms with Gasteiger partial charge in [0.05, 0.1) is 0 Å². The van der Waals surface area contributed by atoms with Gasteiger partial charge in [-0.3, -0.25) is 14.4 Å². The van der Waals surface area contributed by atoms with E-state index < -0.39 is 12.0 Å². The van der Waals surface area contributed by atoms with Gasteiger partial charge in [0.2, 0.25) is 6.10 Å². The zero-order valence-electron chi connectivity index (χ0n) is 15.2. The van der Waals surface area contributed by atoms with Gasteiger partial charge in [-0.2, -0.15) is 0 Å². The molecule has 3 aromatic rings. The highest BCUT2D eigenvalue weighted by Crippen LogP contribution is 2.32. The molecule has 29 heavy (non-hydrogen) atoms. The summed E-state index contributed by atoms with van der Waals surface area (Å²) in [5.74, 6) is 0.260. The van der Waals surface area contributed by atoms with Gasteiger partial charge in [-0.15, -0.1) is 0 Å². The van der Waals surface area contributed by atoms with E-state index in [4.69, 9.17) is 9.47 Å². The molecule has 0 saturated heterocycles. The summed E-state index contributed by atoms with van der Waals surface area (Å²) < 4.78 is 11.3. The number of hydrogen-bond acceptors (Lipinski definition) is 5. The van der Waals surface area contributed by atoms with E-state index in [9.17, 15) is 14.4 Å². The molecule has 0 fully saturated rings. The van der Waals surface area contributed by atoms with Gasteiger partial charge in [0, 0.05) is 27.9 Å². The van der Waals surface area contributed by atoms with Gasteiger partial charge in [0.25, 0.3) is 5.91 Å². The number of amides is 1. The zero-order chi connectivity index (χ0) is 20.0. The van der Waals surface area contributed by atoms with Crippen molar-refractivity contribution in [3.63, 3.8) is 0 Å². The maximum absolute atomic E-state index is 12.8. The largest absolute Gasteiger partial charge is 0.485 e. The Bertz CT molecular complexity index is 1180. The summed E-state index contributed by atoms with van der Waals surface area (Å²) in [4.78, 5) is 38.1. The second-order valence-electron chi connectivity index (χ2n) is 6.82. The predicted octanol–water partition coefficient (Wildman–Crippen LogP) is 3.24. The first-order valence-electron chi connectivity index (χ1n) is 9.13. The average Bonchev–Trinajstić information content (AvgIpc) is 2.77. The number of ether oxygens (including phenoxy) is 2. The summed E-state index contributed by atoms with van der Waals surface area (Å²) in [6.07, 6.45) is -0.820. The van der Waals surface area contributed by atoms with Crippen molar-refractivity contribution in [1.82, 2.24) is 0 Å². The number of rotatable bonds is 2. The highest BCUT2D eigenvalue weighted by Gasteiger charge is 2.31. The highest BCUT2D eigenvalue weighted by atomic mass is 16.6. The molecule has 0 aromatic heterocycles. The Morgan fingerprint density at radius 2 is 1.41 bits per heavy atom. The number of anilines is 1. The van der Waals surface area contributed by atoms with Gasteiger partial charge in [-0.1, -0.05) is 36.4 Å². The molecule has 3 aromatic carbocycles. The monoisotopic (exact) mass is 385 g/mol. The van der Waals surface area contributed by atoms with E-state index >= 15 is 0 Å². The molecule has 1 amide bonds. The van der Waals surface area contributed by atoms with E-state index in [-0.39, 0.29) is 23.7 Å². The number of benzene rings is 3. The molecule has 1 atom stereocenters. The fourth-order valence-electron chi connectivity index (χ4n) is 3.55. The summed E-state index contributed by atoms with van der Waals surface area (Å²) in [5.41, 5.74) is 1.79. The van der Waals surface area contributed by atoms with E-state index in [0.29, 0.717) is 33.9 Å². The van der Waals surface area contributed by atoms with E-state index in [1.54, 1.807) is 54.6 Å². The Labute approximate surface area is 166 Å². The van der Waals surface area contributed by atoms with E-state index in [2.05, 4.69) is 5.32 Å². The van der Waals surface area contributed by atoms with Gasteiger partial charge >= 0.3 is 0 Å². The number of nitrogens with one attached hydrogen (secondary N) is 1. The van der Waals surface area contributed by atoms with Crippen LogP contribution in [0.2, 0.25) is 0 Å². The van der Waals surface area contributed by atoms with Crippen molar-refractivity contribution in [3.8, 4) is 11.5 Å². The summed E-state index contributed by atoms with van der Waals surface area (Å²) >= 11 is 0. The van der Waals surface area contributed by atoms with Crippen molar-refractivity contribution in [2.45, 2.75) is 6.10 Å². The van der Waals surface area contributed by atoms with E-state index in [1.165, 1.54) is 6.07 Å². The first-order chi connectivity index (χ1) is 14.1. The number of carbonyl (C=O) groups excluding carboxylic acids is 3. The molecule has 6 heteroatoms. The molecule has 0 bridgehead atoms. The summed E-state index contributed by atoms with van der Waals surface area (Å²) in [5, 5.41) is 2.74. The SMILES string of the molecule is O=C1c2ccccc2C(=O)c2cc(NC(=O)[C@@H]3COc4ccccc4O3)ccc21. The lowest BCUT2D eigenvalue weighted by Crippen LogP contribution is -2.40. The Balaban J connectivity index is 1.39. The minimum absolute atomic E-state index is 0.0819. The first kappa shape index (κ1) is 17.2. The van der Waals surface area contributed by atoms with Crippen LogP contribution in [0.1, 0.15) is 31.8 Å². The van der Waals surface area contributed by atoms with Gasteiger partial charge < -0.3 is 14.8 Å². The molecule has 2 aliphatic rings. The maximum atomic E-state index is 12.8. The van der Waals surface area contributed by atoms with Gasteiger partial charge in [-0.05, 0) is 30.3 Å². The number of ketones is 2. The summed E-state index contributed by atoms with van der Waals surface area (Å²) in [6.45, 7) is 0.0819. The van der Waals surface area contributed by atoms with Crippen molar-refractivity contribution in [3.05, 3.63) is 89.0 Å². The Morgan fingerprint density at radius 3 is 2.17 bits per heavy atom. The predicted molar refractivity (Wildman–Crippen MR) is 105 cm³/mol. The number of hydrogen-bond donors (Lipinski definition) is 1. The van der Waals surface area contributed by atoms with Crippen LogP contribution in [0, 0.1) is 0 Å². The molecule has 5 rings (SSSR count). The van der Waals surface area contributed by atoms with Crippen molar-refractivity contribution < 1.29 is 23.9 Å². The van der Waals surface area contributed by atoms with Gasteiger partial charge in [0.1, 0.15) is 6.61 Å². The quantitative estimate of drug-likeness (QED) is 0.573. The van der Waals surface area contributed by atoms with Gasteiger partial charge in [-0.25, -0.2) is 0 Å². The van der Waals surface area contributed by atoms with Crippen molar-refractivity contribution in [2.75, 3.05) is 11.9 Å². The third kappa shape index (κ3) is 2.86. The molecule has 1 aliphatic carbocycles. The summed E-state index contributed by atoms with van der Waals surface area (Å²) in [7, 11) is 0. The lowest BCUT2D eigenvalue weighted by Gasteiger charge is -2.25. The first-order valence-corrected chi connectivity index (χ1v) is 9.13. The second-order valence-corrected chi connectivity index (χ2v) is 6.82. The fourth-order valence-corrected chi connectivity index (χ4v) is 3.55. The average molecular weight is 385 g/mol. The van der Waals surface area contributed by atoms with Crippen LogP contribution in [0.5, 0.6) is 11.5 Å². The van der Waals surface area contributed by atoms with Crippen LogP contribution in [0.15, 0.2) is 66.7 Å². The molecule has 0 unspecified atom stereocenters. The smallest absolute Gasteiger partial charge is 0.269 e. The molecule has 6 nitrogen and oxygen atoms in total. The molecule has 1 aliphatic heterocycles. The third-order valence-electron chi connectivity index (χ3n) is 4.99. The lowest BCUT2D eigenvalue weighted by molar-refractivity contribution is -0.125. The van der Waals surface area contributed by atoms with Gasteiger partial charge in [0.15, 0.2) is 23.1 Å². The summed E-state index contributed by atoms with van der Waals surface area (Å²) in [6, 6.07) is 18.6. The maximum Gasteiger partial charge on any atom is 0.269 e. The van der Waals surface area contributed by atoms with E-state index in [0.717, 1.165) is 0 Å². The Morgan fingerprint density at radius 1 is 0.793 bits per heavy atom. The topological polar surface area (TPSA) is 81.7 Å². The zero-order valence-corrected chi connectivity index (χ0v) is 15.2. The van der Waals surface area contributed by atoms with Crippen molar-refractivity contribution in [2.24, 2.45) is 0 Å². The van der Waals surface area contributed by atoms with Crippen LogP contribution in [0.3, 0.4) is 0 Å². The second kappa shape index (κ2) is 6.60. The molecule has 1 N–H and O–H groups in total. The van der Waals surface area contributed by atoms with Crippen LogP contribution < -0.4 is 14.8 Å².